The van der Waals surface area contributed by atoms with Crippen LogP contribution in [0.4, 0.5) is 0 Å². The van der Waals surface area contributed by atoms with Gasteiger partial charge in [0.1, 0.15) is 6.04 Å². The van der Waals surface area contributed by atoms with Crippen LogP contribution in [0.15, 0.2) is 12.2 Å². The molecular formula is C16H21NO4. The quantitative estimate of drug-likeness (QED) is 0.446. The van der Waals surface area contributed by atoms with Gasteiger partial charge in [0.15, 0.2) is 0 Å². The van der Waals surface area contributed by atoms with E-state index in [0.717, 1.165) is 6.42 Å². The molecule has 0 N–H and O–H groups in total. The van der Waals surface area contributed by atoms with E-state index in [9.17, 15) is 14.4 Å². The van der Waals surface area contributed by atoms with E-state index in [0.29, 0.717) is 0 Å². The molecule has 3 rings (SSSR count). The number of amides is 2. The Morgan fingerprint density at radius 2 is 1.76 bits per heavy atom. The highest BCUT2D eigenvalue weighted by atomic mass is 16.5. The van der Waals surface area contributed by atoms with Crippen LogP contribution in [0.1, 0.15) is 27.2 Å². The van der Waals surface area contributed by atoms with E-state index in [-0.39, 0.29) is 48.0 Å². The highest BCUT2D eigenvalue weighted by Gasteiger charge is 2.61. The Morgan fingerprint density at radius 3 is 2.19 bits per heavy atom. The third-order valence-electron chi connectivity index (χ3n) is 4.94. The third kappa shape index (κ3) is 1.93. The first-order valence-electron chi connectivity index (χ1n) is 7.69. The summed E-state index contributed by atoms with van der Waals surface area (Å²) < 4.78 is 5.07. The number of allylic oxidation sites excluding steroid dienone is 2. The molecule has 0 aromatic rings. The standard InChI is InChI=1S/C16H21NO4/c1-4-21-16(20)13(8(2)3)17-14(18)11-9-5-6-10(7-9)12(11)15(17)19/h5-6,8-13H,4,7H2,1-3H3/t9?,10?,11-,12+,13?. The van der Waals surface area contributed by atoms with Crippen LogP contribution in [0.2, 0.25) is 0 Å². The lowest BCUT2D eigenvalue weighted by Crippen LogP contribution is -2.49. The van der Waals surface area contributed by atoms with Crippen LogP contribution in [0.25, 0.3) is 0 Å². The van der Waals surface area contributed by atoms with Crippen molar-refractivity contribution in [3.63, 3.8) is 0 Å². The maximum Gasteiger partial charge on any atom is 0.329 e. The van der Waals surface area contributed by atoms with Gasteiger partial charge in [0.2, 0.25) is 11.8 Å². The normalized spacial score (nSPS) is 34.8. The molecule has 2 aliphatic carbocycles. The van der Waals surface area contributed by atoms with Crippen LogP contribution in [-0.2, 0) is 19.1 Å². The van der Waals surface area contributed by atoms with Crippen molar-refractivity contribution in [2.75, 3.05) is 6.61 Å². The molecule has 2 amide bonds. The summed E-state index contributed by atoms with van der Waals surface area (Å²) in [4.78, 5) is 38.8. The van der Waals surface area contributed by atoms with Crippen molar-refractivity contribution in [2.24, 2.45) is 29.6 Å². The van der Waals surface area contributed by atoms with Crippen molar-refractivity contribution in [1.82, 2.24) is 4.90 Å². The van der Waals surface area contributed by atoms with Crippen molar-refractivity contribution in [1.29, 1.82) is 0 Å². The fourth-order valence-corrected chi connectivity index (χ4v) is 4.10. The molecule has 21 heavy (non-hydrogen) atoms. The summed E-state index contributed by atoms with van der Waals surface area (Å²) >= 11 is 0. The van der Waals surface area contributed by atoms with Crippen molar-refractivity contribution in [3.8, 4) is 0 Å². The van der Waals surface area contributed by atoms with Gasteiger partial charge < -0.3 is 4.74 Å². The molecule has 2 bridgehead atoms. The van der Waals surface area contributed by atoms with E-state index in [4.69, 9.17) is 4.74 Å². The van der Waals surface area contributed by atoms with E-state index < -0.39 is 12.0 Å². The summed E-state index contributed by atoms with van der Waals surface area (Å²) in [5.41, 5.74) is 0. The van der Waals surface area contributed by atoms with Crippen molar-refractivity contribution < 1.29 is 19.1 Å². The molecule has 1 aliphatic heterocycles. The molecule has 0 radical (unpaired) electrons. The van der Waals surface area contributed by atoms with E-state index >= 15 is 0 Å². The van der Waals surface area contributed by atoms with Crippen LogP contribution in [0.3, 0.4) is 0 Å². The van der Waals surface area contributed by atoms with Crippen LogP contribution in [0, 0.1) is 29.6 Å². The van der Waals surface area contributed by atoms with Gasteiger partial charge in [-0.25, -0.2) is 4.79 Å². The second-order valence-corrected chi connectivity index (χ2v) is 6.49. The molecule has 114 valence electrons. The predicted octanol–water partition coefficient (Wildman–Crippen LogP) is 1.38. The maximum absolute atomic E-state index is 12.7. The van der Waals surface area contributed by atoms with E-state index in [1.54, 1.807) is 6.92 Å². The first kappa shape index (κ1) is 14.3. The summed E-state index contributed by atoms with van der Waals surface area (Å²) in [5.74, 6) is -1.20. The molecule has 5 nitrogen and oxygen atoms in total. The number of ether oxygens (including phenoxy) is 1. The number of hydrogen-bond acceptors (Lipinski definition) is 4. The first-order chi connectivity index (χ1) is 9.97. The third-order valence-corrected chi connectivity index (χ3v) is 4.94. The average molecular weight is 291 g/mol. The molecule has 0 spiro atoms. The monoisotopic (exact) mass is 291 g/mol. The number of carbonyl (C=O) groups excluding carboxylic acids is 3. The van der Waals surface area contributed by atoms with Gasteiger partial charge in [-0.1, -0.05) is 26.0 Å². The number of imide groups is 1. The van der Waals surface area contributed by atoms with Gasteiger partial charge in [-0.05, 0) is 31.1 Å². The van der Waals surface area contributed by atoms with Gasteiger partial charge in [-0.15, -0.1) is 0 Å². The maximum atomic E-state index is 12.7. The second kappa shape index (κ2) is 4.97. The number of fused-ring (bicyclic) bond motifs is 5. The molecule has 1 saturated carbocycles. The molecule has 5 heteroatoms. The Bertz CT molecular complexity index is 494. The fourth-order valence-electron chi connectivity index (χ4n) is 4.10. The number of likely N-dealkylation sites (tertiary alicyclic amines) is 1. The van der Waals surface area contributed by atoms with E-state index in [1.165, 1.54) is 4.90 Å². The molecule has 0 aromatic carbocycles. The topological polar surface area (TPSA) is 63.7 Å². The minimum absolute atomic E-state index is 0.151. The molecule has 5 atom stereocenters. The fraction of sp³-hybridized carbons (Fsp3) is 0.688. The summed E-state index contributed by atoms with van der Waals surface area (Å²) in [7, 11) is 0. The molecule has 1 heterocycles. The van der Waals surface area contributed by atoms with Gasteiger partial charge in [0.25, 0.3) is 0 Å². The van der Waals surface area contributed by atoms with Gasteiger partial charge in [-0.3, -0.25) is 14.5 Å². The highest BCUT2D eigenvalue weighted by molar-refractivity contribution is 6.09. The molecule has 3 unspecified atom stereocenters. The molecule has 1 saturated heterocycles. The zero-order valence-electron chi connectivity index (χ0n) is 12.6. The molecular weight excluding hydrogens is 270 g/mol. The first-order valence-corrected chi connectivity index (χ1v) is 7.69. The number of esters is 1. The molecule has 3 aliphatic rings. The Kier molecular flexibility index (Phi) is 3.38. The Balaban J connectivity index is 1.90. The van der Waals surface area contributed by atoms with Crippen LogP contribution in [0.5, 0.6) is 0 Å². The van der Waals surface area contributed by atoms with Crippen molar-refractivity contribution >= 4 is 17.8 Å². The minimum atomic E-state index is -0.796. The van der Waals surface area contributed by atoms with E-state index in [1.807, 2.05) is 13.8 Å². The number of carbonyl (C=O) groups is 3. The van der Waals surface area contributed by atoms with Crippen LogP contribution in [-0.4, -0.2) is 35.3 Å². The van der Waals surface area contributed by atoms with Gasteiger partial charge >= 0.3 is 5.97 Å². The van der Waals surface area contributed by atoms with Gasteiger partial charge in [0, 0.05) is 0 Å². The zero-order valence-corrected chi connectivity index (χ0v) is 12.6. The Labute approximate surface area is 124 Å². The summed E-state index contributed by atoms with van der Waals surface area (Å²) in [5, 5.41) is 0. The molecule has 2 fully saturated rings. The lowest BCUT2D eigenvalue weighted by molar-refractivity contribution is -0.161. The summed E-state index contributed by atoms with van der Waals surface area (Å²) in [6.45, 7) is 5.64. The van der Waals surface area contributed by atoms with E-state index in [2.05, 4.69) is 12.2 Å². The number of rotatable bonds is 4. The predicted molar refractivity (Wildman–Crippen MR) is 74.8 cm³/mol. The van der Waals surface area contributed by atoms with Crippen molar-refractivity contribution in [3.05, 3.63) is 12.2 Å². The SMILES string of the molecule is CCOC(=O)C(C(C)C)N1C(=O)[C@@H]2C3C=CC(C3)[C@@H]2C1=O. The lowest BCUT2D eigenvalue weighted by atomic mass is 9.85. The van der Waals surface area contributed by atoms with Crippen molar-refractivity contribution in [2.45, 2.75) is 33.2 Å². The number of hydrogen-bond donors (Lipinski definition) is 0. The summed E-state index contributed by atoms with van der Waals surface area (Å²) in [6.07, 6.45) is 5.00. The molecule has 0 aromatic heterocycles. The largest absolute Gasteiger partial charge is 0.464 e. The van der Waals surface area contributed by atoms with Gasteiger partial charge in [0.05, 0.1) is 18.4 Å². The smallest absolute Gasteiger partial charge is 0.329 e. The second-order valence-electron chi connectivity index (χ2n) is 6.49. The highest BCUT2D eigenvalue weighted by Crippen LogP contribution is 2.53. The Morgan fingerprint density at radius 1 is 1.24 bits per heavy atom. The summed E-state index contributed by atoms with van der Waals surface area (Å²) in [6, 6.07) is -0.796. The number of nitrogens with zero attached hydrogens (tertiary/aromatic N) is 1. The lowest BCUT2D eigenvalue weighted by Gasteiger charge is -2.28. The van der Waals surface area contributed by atoms with Gasteiger partial charge in [-0.2, -0.15) is 0 Å². The Hall–Kier alpha value is -1.65. The zero-order chi connectivity index (χ0) is 15.3. The van der Waals surface area contributed by atoms with Crippen LogP contribution < -0.4 is 0 Å². The van der Waals surface area contributed by atoms with Crippen LogP contribution >= 0.6 is 0 Å². The minimum Gasteiger partial charge on any atom is -0.464 e. The average Bonchev–Trinajstić information content (AvgIpc) is 3.08.